The predicted octanol–water partition coefficient (Wildman–Crippen LogP) is 3.76. The van der Waals surface area contributed by atoms with Crippen molar-refractivity contribution in [3.05, 3.63) is 34.9 Å². The van der Waals surface area contributed by atoms with Crippen molar-refractivity contribution in [2.24, 2.45) is 5.73 Å². The third-order valence-electron chi connectivity index (χ3n) is 3.26. The van der Waals surface area contributed by atoms with Crippen LogP contribution in [0.15, 0.2) is 18.2 Å². The molecule has 2 nitrogen and oxygen atoms in total. The van der Waals surface area contributed by atoms with Gasteiger partial charge >= 0.3 is 0 Å². The van der Waals surface area contributed by atoms with Gasteiger partial charge in [0.25, 0.3) is 0 Å². The molecule has 0 heterocycles. The highest BCUT2D eigenvalue weighted by atomic mass is 16.5. The molecule has 0 aliphatic carbocycles. The number of hydrogen-bond acceptors (Lipinski definition) is 2. The molecule has 0 saturated carbocycles. The van der Waals surface area contributed by atoms with Gasteiger partial charge in [-0.25, -0.2) is 0 Å². The Morgan fingerprint density at radius 3 is 1.74 bits per heavy atom. The summed E-state index contributed by atoms with van der Waals surface area (Å²) in [5, 5.41) is 0. The Bertz CT molecular complexity index is 378. The third-order valence-corrected chi connectivity index (χ3v) is 3.26. The molecule has 1 aromatic carbocycles. The van der Waals surface area contributed by atoms with Crippen molar-refractivity contribution in [1.82, 2.24) is 0 Å². The van der Waals surface area contributed by atoms with E-state index in [-0.39, 0.29) is 10.8 Å². The van der Waals surface area contributed by atoms with E-state index in [9.17, 15) is 0 Å². The molecular formula is C17H29NO. The second kappa shape index (κ2) is 6.06. The lowest BCUT2D eigenvalue weighted by Gasteiger charge is -2.26. The van der Waals surface area contributed by atoms with Crippen molar-refractivity contribution in [1.29, 1.82) is 0 Å². The van der Waals surface area contributed by atoms with Gasteiger partial charge in [-0.1, -0.05) is 59.7 Å². The molecule has 0 unspecified atom stereocenters. The highest BCUT2D eigenvalue weighted by Crippen LogP contribution is 2.30. The van der Waals surface area contributed by atoms with Gasteiger partial charge in [0.2, 0.25) is 0 Å². The monoisotopic (exact) mass is 263 g/mol. The molecule has 108 valence electrons. The van der Waals surface area contributed by atoms with Gasteiger partial charge < -0.3 is 10.5 Å². The minimum Gasteiger partial charge on any atom is -0.375 e. The first-order valence-electron chi connectivity index (χ1n) is 7.07. The summed E-state index contributed by atoms with van der Waals surface area (Å²) in [7, 11) is 0. The van der Waals surface area contributed by atoms with Crippen molar-refractivity contribution >= 4 is 0 Å². The first-order valence-corrected chi connectivity index (χ1v) is 7.07. The number of hydrogen-bond donors (Lipinski definition) is 1. The molecule has 0 saturated heterocycles. The molecule has 1 rings (SSSR count). The Balaban J connectivity index is 3.10. The van der Waals surface area contributed by atoms with Gasteiger partial charge in [-0.05, 0) is 27.5 Å². The number of rotatable bonds is 4. The zero-order valence-corrected chi connectivity index (χ0v) is 13.3. The fourth-order valence-electron chi connectivity index (χ4n) is 1.91. The SMILES string of the molecule is CC(C)(C)c1cc(COCCN)cc(C(C)(C)C)c1. The smallest absolute Gasteiger partial charge is 0.0717 e. The van der Waals surface area contributed by atoms with E-state index in [4.69, 9.17) is 10.5 Å². The van der Waals surface area contributed by atoms with Gasteiger partial charge in [0.05, 0.1) is 13.2 Å². The highest BCUT2D eigenvalue weighted by molar-refractivity contribution is 5.37. The lowest BCUT2D eigenvalue weighted by molar-refractivity contribution is 0.128. The minimum atomic E-state index is 0.157. The largest absolute Gasteiger partial charge is 0.375 e. The molecule has 1 aromatic rings. The van der Waals surface area contributed by atoms with Gasteiger partial charge in [0.15, 0.2) is 0 Å². The van der Waals surface area contributed by atoms with Crippen molar-refractivity contribution in [2.75, 3.05) is 13.2 Å². The molecule has 2 N–H and O–H groups in total. The lowest BCUT2D eigenvalue weighted by atomic mass is 9.79. The summed E-state index contributed by atoms with van der Waals surface area (Å²) in [4.78, 5) is 0. The van der Waals surface area contributed by atoms with Crippen molar-refractivity contribution in [2.45, 2.75) is 59.0 Å². The normalized spacial score (nSPS) is 12.8. The lowest BCUT2D eigenvalue weighted by Crippen LogP contribution is -2.17. The van der Waals surface area contributed by atoms with E-state index in [2.05, 4.69) is 59.7 Å². The van der Waals surface area contributed by atoms with Crippen LogP contribution in [0.2, 0.25) is 0 Å². The molecule has 0 fully saturated rings. The van der Waals surface area contributed by atoms with Crippen molar-refractivity contribution < 1.29 is 4.74 Å². The van der Waals surface area contributed by atoms with Gasteiger partial charge in [0, 0.05) is 6.54 Å². The molecule has 0 bridgehead atoms. The fraction of sp³-hybridized carbons (Fsp3) is 0.647. The Hall–Kier alpha value is -0.860. The second-order valence-corrected chi connectivity index (χ2v) is 7.26. The van der Waals surface area contributed by atoms with Gasteiger partial charge in [-0.15, -0.1) is 0 Å². The summed E-state index contributed by atoms with van der Waals surface area (Å²) in [6.07, 6.45) is 0. The minimum absolute atomic E-state index is 0.157. The van der Waals surface area contributed by atoms with Crippen LogP contribution in [0.4, 0.5) is 0 Å². The molecule has 0 radical (unpaired) electrons. The molecule has 2 heteroatoms. The average Bonchev–Trinajstić information content (AvgIpc) is 2.27. The molecule has 0 aliphatic heterocycles. The Kier molecular flexibility index (Phi) is 5.17. The van der Waals surface area contributed by atoms with E-state index in [1.807, 2.05) is 0 Å². The van der Waals surface area contributed by atoms with Crippen LogP contribution in [-0.2, 0) is 22.2 Å². The first-order chi connectivity index (χ1) is 8.64. The van der Waals surface area contributed by atoms with Crippen LogP contribution >= 0.6 is 0 Å². The highest BCUT2D eigenvalue weighted by Gasteiger charge is 2.20. The van der Waals surface area contributed by atoms with Gasteiger partial charge in [0.1, 0.15) is 0 Å². The van der Waals surface area contributed by atoms with E-state index in [1.54, 1.807) is 0 Å². The van der Waals surface area contributed by atoms with E-state index >= 15 is 0 Å². The van der Waals surface area contributed by atoms with Crippen molar-refractivity contribution in [3.63, 3.8) is 0 Å². The Labute approximate surface area is 118 Å². The summed E-state index contributed by atoms with van der Waals surface area (Å²) in [5.41, 5.74) is 9.75. The second-order valence-electron chi connectivity index (χ2n) is 7.26. The van der Waals surface area contributed by atoms with Crippen LogP contribution in [0, 0.1) is 0 Å². The summed E-state index contributed by atoms with van der Waals surface area (Å²) >= 11 is 0. The third kappa shape index (κ3) is 4.96. The van der Waals surface area contributed by atoms with Crippen LogP contribution < -0.4 is 5.73 Å². The van der Waals surface area contributed by atoms with Crippen LogP contribution in [0.1, 0.15) is 58.2 Å². The summed E-state index contributed by atoms with van der Waals surface area (Å²) in [6.45, 7) is 15.3. The van der Waals surface area contributed by atoms with Crippen LogP contribution in [-0.4, -0.2) is 13.2 Å². The predicted molar refractivity (Wildman–Crippen MR) is 82.6 cm³/mol. The van der Waals surface area contributed by atoms with Gasteiger partial charge in [-0.3, -0.25) is 0 Å². The maximum absolute atomic E-state index is 5.58. The number of ether oxygens (including phenoxy) is 1. The zero-order chi connectivity index (χ0) is 14.7. The molecule has 0 spiro atoms. The fourth-order valence-corrected chi connectivity index (χ4v) is 1.91. The molecule has 0 amide bonds. The molecule has 0 aromatic heterocycles. The molecule has 0 atom stereocenters. The van der Waals surface area contributed by atoms with Crippen LogP contribution in [0.3, 0.4) is 0 Å². The Morgan fingerprint density at radius 1 is 0.895 bits per heavy atom. The van der Waals surface area contributed by atoms with Crippen molar-refractivity contribution in [3.8, 4) is 0 Å². The van der Waals surface area contributed by atoms with Crippen LogP contribution in [0.5, 0.6) is 0 Å². The van der Waals surface area contributed by atoms with E-state index in [1.165, 1.54) is 16.7 Å². The summed E-state index contributed by atoms with van der Waals surface area (Å²) in [5.74, 6) is 0. The van der Waals surface area contributed by atoms with Crippen LogP contribution in [0.25, 0.3) is 0 Å². The standard InChI is InChI=1S/C17H29NO/c1-16(2,3)14-9-13(12-19-8-7-18)10-15(11-14)17(4,5)6/h9-11H,7-8,12,18H2,1-6H3. The Morgan fingerprint density at radius 2 is 1.37 bits per heavy atom. The quantitative estimate of drug-likeness (QED) is 0.840. The first kappa shape index (κ1) is 16.2. The van der Waals surface area contributed by atoms with E-state index < -0.39 is 0 Å². The number of nitrogens with two attached hydrogens (primary N) is 1. The molecule has 0 aliphatic rings. The topological polar surface area (TPSA) is 35.2 Å². The maximum atomic E-state index is 5.58. The number of benzene rings is 1. The molecule has 19 heavy (non-hydrogen) atoms. The zero-order valence-electron chi connectivity index (χ0n) is 13.3. The maximum Gasteiger partial charge on any atom is 0.0717 e. The van der Waals surface area contributed by atoms with E-state index in [0.29, 0.717) is 19.8 Å². The summed E-state index contributed by atoms with van der Waals surface area (Å²) in [6, 6.07) is 6.84. The van der Waals surface area contributed by atoms with E-state index in [0.717, 1.165) is 0 Å². The molecular weight excluding hydrogens is 234 g/mol. The average molecular weight is 263 g/mol. The van der Waals surface area contributed by atoms with Gasteiger partial charge in [-0.2, -0.15) is 0 Å². The summed E-state index contributed by atoms with van der Waals surface area (Å²) < 4.78 is 5.58.